The zero-order valence-corrected chi connectivity index (χ0v) is 23.5. The minimum absolute atomic E-state index is 0.0316. The lowest BCUT2D eigenvalue weighted by atomic mass is 9.96. The normalized spacial score (nSPS) is 12.5. The largest absolute Gasteiger partial charge is 0.491 e. The first-order valence-corrected chi connectivity index (χ1v) is 12.9. The Morgan fingerprint density at radius 1 is 1.16 bits per heavy atom. The Bertz CT molecular complexity index is 1270. The van der Waals surface area contributed by atoms with Gasteiger partial charge in [0.1, 0.15) is 11.3 Å². The second-order valence-electron chi connectivity index (χ2n) is 9.95. The first-order chi connectivity index (χ1) is 17.6. The van der Waals surface area contributed by atoms with E-state index in [-0.39, 0.29) is 6.10 Å². The van der Waals surface area contributed by atoms with E-state index in [0.717, 1.165) is 42.0 Å². The van der Waals surface area contributed by atoms with E-state index in [1.807, 2.05) is 30.7 Å². The van der Waals surface area contributed by atoms with Crippen molar-refractivity contribution in [2.45, 2.75) is 61.0 Å². The van der Waals surface area contributed by atoms with Crippen molar-refractivity contribution in [1.82, 2.24) is 24.5 Å². The van der Waals surface area contributed by atoms with Gasteiger partial charge in [-0.15, -0.1) is 0 Å². The van der Waals surface area contributed by atoms with E-state index in [4.69, 9.17) is 14.7 Å². The van der Waals surface area contributed by atoms with Crippen LogP contribution < -0.4 is 15.0 Å². The highest BCUT2D eigenvalue weighted by Gasteiger charge is 2.18. The molecular formula is C29H41N7O. The van der Waals surface area contributed by atoms with Crippen LogP contribution in [0.4, 0.5) is 11.8 Å². The van der Waals surface area contributed by atoms with Crippen LogP contribution in [0.1, 0.15) is 54.9 Å². The summed E-state index contributed by atoms with van der Waals surface area (Å²) in [6.45, 7) is 20.6. The highest BCUT2D eigenvalue weighted by atomic mass is 16.5. The molecule has 198 valence electrons. The van der Waals surface area contributed by atoms with Crippen LogP contribution in [0.2, 0.25) is 0 Å². The third-order valence-electron chi connectivity index (χ3n) is 6.23. The molecule has 1 unspecified atom stereocenters. The van der Waals surface area contributed by atoms with E-state index in [1.54, 1.807) is 18.7 Å². The Balaban J connectivity index is 1.91. The minimum Gasteiger partial charge on any atom is -0.491 e. The summed E-state index contributed by atoms with van der Waals surface area (Å²) < 4.78 is 7.99. The Morgan fingerprint density at radius 3 is 2.46 bits per heavy atom. The number of fused-ring (bicyclic) bond motifs is 1. The predicted octanol–water partition coefficient (Wildman–Crippen LogP) is 6.31. The van der Waals surface area contributed by atoms with E-state index in [0.29, 0.717) is 23.3 Å². The quantitative estimate of drug-likeness (QED) is 0.290. The molecule has 0 aliphatic heterocycles. The fraction of sp³-hybridized carbons (Fsp3) is 0.448. The summed E-state index contributed by atoms with van der Waals surface area (Å²) in [5.41, 5.74) is 5.93. The van der Waals surface area contributed by atoms with Gasteiger partial charge in [-0.25, -0.2) is 4.98 Å². The molecule has 0 saturated carbocycles. The molecule has 3 aromatic heterocycles. The molecule has 0 aromatic carbocycles. The Hall–Kier alpha value is -3.68. The lowest BCUT2D eigenvalue weighted by Gasteiger charge is -2.24. The van der Waals surface area contributed by atoms with Gasteiger partial charge in [-0.2, -0.15) is 9.97 Å². The predicted molar refractivity (Wildman–Crippen MR) is 153 cm³/mol. The highest BCUT2D eigenvalue weighted by molar-refractivity contribution is 5.85. The Kier molecular flexibility index (Phi) is 9.44. The summed E-state index contributed by atoms with van der Waals surface area (Å²) >= 11 is 0. The number of nitrogens with zero attached hydrogens (tertiary/aromatic N) is 6. The number of hydrogen-bond acceptors (Lipinski definition) is 7. The van der Waals surface area contributed by atoms with Crippen molar-refractivity contribution < 1.29 is 4.74 Å². The van der Waals surface area contributed by atoms with Crippen LogP contribution in [0, 0.1) is 5.92 Å². The number of aromatic nitrogens is 5. The van der Waals surface area contributed by atoms with E-state index >= 15 is 0 Å². The number of rotatable bonds is 12. The number of anilines is 2. The summed E-state index contributed by atoms with van der Waals surface area (Å²) in [5, 5.41) is 3.56. The molecule has 3 aromatic rings. The average molecular weight is 504 g/mol. The van der Waals surface area contributed by atoms with Crippen LogP contribution in [-0.2, 0) is 7.05 Å². The monoisotopic (exact) mass is 503 g/mol. The molecule has 0 spiro atoms. The van der Waals surface area contributed by atoms with E-state index in [9.17, 15) is 0 Å². The van der Waals surface area contributed by atoms with Gasteiger partial charge in [0, 0.05) is 44.6 Å². The molecule has 0 bridgehead atoms. The number of allylic oxidation sites excluding steroid dienone is 4. The second-order valence-corrected chi connectivity index (χ2v) is 9.95. The van der Waals surface area contributed by atoms with Gasteiger partial charge in [0.15, 0.2) is 11.5 Å². The number of hydrogen-bond donors (Lipinski definition) is 1. The van der Waals surface area contributed by atoms with Gasteiger partial charge in [0.05, 0.1) is 12.4 Å². The molecule has 0 fully saturated rings. The van der Waals surface area contributed by atoms with Gasteiger partial charge in [0.2, 0.25) is 5.95 Å². The maximum absolute atomic E-state index is 6.04. The lowest BCUT2D eigenvalue weighted by Crippen LogP contribution is -2.29. The summed E-state index contributed by atoms with van der Waals surface area (Å²) in [6, 6.07) is 3.74. The summed E-state index contributed by atoms with van der Waals surface area (Å²) in [4.78, 5) is 20.5. The molecule has 1 N–H and O–H groups in total. The third-order valence-corrected chi connectivity index (χ3v) is 6.23. The van der Waals surface area contributed by atoms with Crippen LogP contribution in [-0.4, -0.2) is 43.7 Å². The zero-order valence-electron chi connectivity index (χ0n) is 23.5. The Morgan fingerprint density at radius 2 is 1.86 bits per heavy atom. The molecule has 0 aliphatic rings. The zero-order chi connectivity index (χ0) is 27.1. The summed E-state index contributed by atoms with van der Waals surface area (Å²) in [7, 11) is 1.96. The van der Waals surface area contributed by atoms with E-state index < -0.39 is 0 Å². The second kappa shape index (κ2) is 12.5. The van der Waals surface area contributed by atoms with Crippen molar-refractivity contribution in [3.63, 3.8) is 0 Å². The minimum atomic E-state index is 0.0316. The molecule has 0 saturated heterocycles. The van der Waals surface area contributed by atoms with Crippen molar-refractivity contribution in [3.8, 4) is 5.75 Å². The summed E-state index contributed by atoms with van der Waals surface area (Å²) in [6.07, 6.45) is 8.28. The molecule has 0 amide bonds. The SMILES string of the molecule is C=C(C)/C(=C\C(=C(C)C)C(C)C)Nc1nc(N(CC)CCC(C)Oc2ccncc2)nc2ncn(C)c12. The lowest BCUT2D eigenvalue weighted by molar-refractivity contribution is 0.212. The van der Waals surface area contributed by atoms with Crippen LogP contribution in [0.15, 0.2) is 65.9 Å². The first kappa shape index (κ1) is 27.9. The molecule has 0 radical (unpaired) electrons. The van der Waals surface area contributed by atoms with Gasteiger partial charge < -0.3 is 19.5 Å². The first-order valence-electron chi connectivity index (χ1n) is 12.9. The molecule has 8 heteroatoms. The average Bonchev–Trinajstić information content (AvgIpc) is 3.22. The molecule has 3 rings (SSSR count). The molecule has 37 heavy (non-hydrogen) atoms. The highest BCUT2D eigenvalue weighted by Crippen LogP contribution is 2.27. The van der Waals surface area contributed by atoms with Crippen LogP contribution in [0.5, 0.6) is 5.75 Å². The van der Waals surface area contributed by atoms with E-state index in [1.165, 1.54) is 11.1 Å². The maximum atomic E-state index is 6.04. The van der Waals surface area contributed by atoms with Gasteiger partial charge in [-0.3, -0.25) is 4.98 Å². The van der Waals surface area contributed by atoms with Crippen molar-refractivity contribution >= 4 is 22.9 Å². The number of nitrogens with one attached hydrogen (secondary N) is 1. The Labute approximate surface area is 221 Å². The molecule has 1 atom stereocenters. The topological polar surface area (TPSA) is 81.0 Å². The number of ether oxygens (including phenoxy) is 1. The van der Waals surface area contributed by atoms with E-state index in [2.05, 4.69) is 74.4 Å². The van der Waals surface area contributed by atoms with Gasteiger partial charge in [-0.1, -0.05) is 26.0 Å². The van der Waals surface area contributed by atoms with Crippen molar-refractivity contribution in [1.29, 1.82) is 0 Å². The molecular weight excluding hydrogens is 462 g/mol. The maximum Gasteiger partial charge on any atom is 0.229 e. The van der Waals surface area contributed by atoms with Crippen molar-refractivity contribution in [3.05, 3.63) is 65.9 Å². The summed E-state index contributed by atoms with van der Waals surface area (Å²) in [5.74, 6) is 2.57. The molecule has 8 nitrogen and oxygen atoms in total. The van der Waals surface area contributed by atoms with Crippen molar-refractivity contribution in [2.75, 3.05) is 23.3 Å². The number of imidazole rings is 1. The number of pyridine rings is 1. The van der Waals surface area contributed by atoms with Gasteiger partial charge in [0.25, 0.3) is 0 Å². The van der Waals surface area contributed by atoms with Gasteiger partial charge >= 0.3 is 0 Å². The van der Waals surface area contributed by atoms with Crippen molar-refractivity contribution in [2.24, 2.45) is 13.0 Å². The van der Waals surface area contributed by atoms with Gasteiger partial charge in [-0.05, 0) is 69.9 Å². The van der Waals surface area contributed by atoms with Crippen LogP contribution >= 0.6 is 0 Å². The fourth-order valence-electron chi connectivity index (χ4n) is 4.16. The number of aryl methyl sites for hydroxylation is 1. The van der Waals surface area contributed by atoms with Crippen LogP contribution in [0.25, 0.3) is 11.2 Å². The molecule has 3 heterocycles. The smallest absolute Gasteiger partial charge is 0.229 e. The van der Waals surface area contributed by atoms with Crippen LogP contribution in [0.3, 0.4) is 0 Å². The molecule has 0 aliphatic carbocycles. The standard InChI is InChI=1S/C29H41N7O/c1-10-36(16-13-22(8)37-23-11-14-30-15-12-23)29-33-27-26(35(9)18-31-27)28(34-29)32-25(21(6)7)17-24(19(2)3)20(4)5/h11-12,14-15,17-19,22H,6,10,13,16H2,1-5,7-9H3,(H,32,33,34)/b25-17+. The fourth-order valence-corrected chi connectivity index (χ4v) is 4.16. The third kappa shape index (κ3) is 7.18.